The predicted molar refractivity (Wildman–Crippen MR) is 83.3 cm³/mol. The quantitative estimate of drug-likeness (QED) is 0.505. The molecule has 1 N–H and O–H groups in total. The van der Waals surface area contributed by atoms with Crippen molar-refractivity contribution in [3.63, 3.8) is 0 Å². The molecular formula is C15H27NO8. The summed E-state index contributed by atoms with van der Waals surface area (Å²) in [7, 11) is 4.28. The first-order chi connectivity index (χ1) is 11.3. The third-order valence-corrected chi connectivity index (χ3v) is 3.13. The van der Waals surface area contributed by atoms with Gasteiger partial charge in [-0.25, -0.2) is 0 Å². The fraction of sp³-hybridized carbons (Fsp3) is 0.800. The summed E-state index contributed by atoms with van der Waals surface area (Å²) in [6.07, 6.45) is -2.28. The number of methoxy groups -OCH3 is 3. The van der Waals surface area contributed by atoms with Crippen LogP contribution in [0.5, 0.6) is 0 Å². The molecule has 0 aliphatic rings. The highest BCUT2D eigenvalue weighted by Crippen LogP contribution is 2.16. The smallest absolute Gasteiger partial charge is 0.303 e. The lowest BCUT2D eigenvalue weighted by Gasteiger charge is -2.35. The summed E-state index contributed by atoms with van der Waals surface area (Å²) in [4.78, 5) is 33.8. The van der Waals surface area contributed by atoms with Crippen molar-refractivity contribution in [3.05, 3.63) is 0 Å². The third kappa shape index (κ3) is 8.23. The minimum Gasteiger partial charge on any atom is -0.464 e. The second kappa shape index (κ2) is 11.8. The van der Waals surface area contributed by atoms with Crippen molar-refractivity contribution < 1.29 is 38.1 Å². The number of carbonyl (C=O) groups is 3. The van der Waals surface area contributed by atoms with Crippen LogP contribution in [0, 0.1) is 0 Å². The van der Waals surface area contributed by atoms with Crippen LogP contribution < -0.4 is 5.32 Å². The fourth-order valence-electron chi connectivity index (χ4n) is 2.29. The van der Waals surface area contributed by atoms with Crippen molar-refractivity contribution in [2.75, 3.05) is 34.5 Å². The van der Waals surface area contributed by atoms with Gasteiger partial charge >= 0.3 is 11.9 Å². The highest BCUT2D eigenvalue weighted by Gasteiger charge is 2.38. The Balaban J connectivity index is 5.39. The number of carbonyl (C=O) groups excluding carboxylic acids is 3. The number of amides is 1. The average molecular weight is 349 g/mol. The second-order valence-electron chi connectivity index (χ2n) is 5.11. The molecule has 0 saturated carbocycles. The van der Waals surface area contributed by atoms with Crippen LogP contribution in [-0.2, 0) is 38.1 Å². The van der Waals surface area contributed by atoms with E-state index in [1.54, 1.807) is 0 Å². The van der Waals surface area contributed by atoms with Crippen LogP contribution in [0.2, 0.25) is 0 Å². The Hall–Kier alpha value is -1.71. The summed E-state index contributed by atoms with van der Waals surface area (Å²) in [6, 6.07) is -0.698. The Kier molecular flexibility index (Phi) is 10.9. The highest BCUT2D eigenvalue weighted by molar-refractivity contribution is 5.73. The van der Waals surface area contributed by atoms with Gasteiger partial charge in [0.2, 0.25) is 5.91 Å². The Labute approximate surface area is 141 Å². The molecule has 140 valence electrons. The van der Waals surface area contributed by atoms with E-state index in [4.69, 9.17) is 23.7 Å². The molecule has 0 unspecified atom stereocenters. The molecule has 24 heavy (non-hydrogen) atoms. The van der Waals surface area contributed by atoms with Crippen molar-refractivity contribution in [1.29, 1.82) is 0 Å². The van der Waals surface area contributed by atoms with Gasteiger partial charge in [0, 0.05) is 42.1 Å². The van der Waals surface area contributed by atoms with Crippen LogP contribution in [-0.4, -0.2) is 76.7 Å². The molecule has 4 atom stereocenters. The molecule has 0 saturated heterocycles. The molecule has 0 rings (SSSR count). The standard InChI is InChI=1S/C15H27NO8/c1-9(17)16-12(7-23-10(2)18)14(21-5)15(22-6)13(8-20-4)24-11(3)19/h12-15H,7-8H2,1-6H3,(H,16,17)/t12-,13+,14+,15+/m0/s1. The van der Waals surface area contributed by atoms with E-state index in [-0.39, 0.29) is 19.1 Å². The lowest BCUT2D eigenvalue weighted by molar-refractivity contribution is -0.172. The van der Waals surface area contributed by atoms with Crippen molar-refractivity contribution in [2.24, 2.45) is 0 Å². The zero-order valence-corrected chi connectivity index (χ0v) is 15.0. The van der Waals surface area contributed by atoms with Crippen molar-refractivity contribution in [1.82, 2.24) is 5.32 Å². The van der Waals surface area contributed by atoms with E-state index >= 15 is 0 Å². The molecule has 9 heteroatoms. The van der Waals surface area contributed by atoms with Gasteiger partial charge in [0.05, 0.1) is 12.6 Å². The third-order valence-electron chi connectivity index (χ3n) is 3.13. The summed E-state index contributed by atoms with van der Waals surface area (Å²) in [5.41, 5.74) is 0. The molecule has 9 nitrogen and oxygen atoms in total. The first-order valence-electron chi connectivity index (χ1n) is 7.38. The van der Waals surface area contributed by atoms with Crippen LogP contribution in [0.25, 0.3) is 0 Å². The van der Waals surface area contributed by atoms with E-state index in [0.29, 0.717) is 0 Å². The fourth-order valence-corrected chi connectivity index (χ4v) is 2.29. The number of ether oxygens (including phenoxy) is 5. The predicted octanol–water partition coefficient (Wildman–Crippen LogP) is -0.338. The minimum absolute atomic E-state index is 0.0678. The highest BCUT2D eigenvalue weighted by atomic mass is 16.6. The van der Waals surface area contributed by atoms with Gasteiger partial charge in [-0.15, -0.1) is 0 Å². The van der Waals surface area contributed by atoms with Crippen LogP contribution in [0.1, 0.15) is 20.8 Å². The molecule has 0 radical (unpaired) electrons. The van der Waals surface area contributed by atoms with Gasteiger partial charge in [-0.3, -0.25) is 14.4 Å². The van der Waals surface area contributed by atoms with E-state index in [9.17, 15) is 14.4 Å². The number of nitrogens with one attached hydrogen (secondary N) is 1. The maximum absolute atomic E-state index is 11.4. The summed E-state index contributed by atoms with van der Waals surface area (Å²) >= 11 is 0. The van der Waals surface area contributed by atoms with Gasteiger partial charge in [0.25, 0.3) is 0 Å². The van der Waals surface area contributed by atoms with E-state index in [1.807, 2.05) is 0 Å². The maximum Gasteiger partial charge on any atom is 0.303 e. The summed E-state index contributed by atoms with van der Waals surface area (Å²) in [6.45, 7) is 3.80. The molecule has 0 aromatic heterocycles. The zero-order chi connectivity index (χ0) is 18.7. The largest absolute Gasteiger partial charge is 0.464 e. The Morgan fingerprint density at radius 1 is 0.875 bits per heavy atom. The SMILES string of the molecule is COC[C@@H](OC(C)=O)[C@@H](OC)[C@H](OC)[C@H](COC(C)=O)NC(C)=O. The minimum atomic E-state index is -0.768. The van der Waals surface area contributed by atoms with Gasteiger partial charge in [0.15, 0.2) is 6.10 Å². The van der Waals surface area contributed by atoms with Gasteiger partial charge < -0.3 is 29.0 Å². The van der Waals surface area contributed by atoms with E-state index in [0.717, 1.165) is 0 Å². The molecule has 0 aliphatic carbocycles. The summed E-state index contributed by atoms with van der Waals surface area (Å²) in [5.74, 6) is -1.34. The van der Waals surface area contributed by atoms with Gasteiger partial charge in [-0.2, -0.15) is 0 Å². The monoisotopic (exact) mass is 349 g/mol. The second-order valence-corrected chi connectivity index (χ2v) is 5.11. The van der Waals surface area contributed by atoms with Crippen LogP contribution in [0.4, 0.5) is 0 Å². The molecule has 0 bridgehead atoms. The number of hydrogen-bond acceptors (Lipinski definition) is 8. The van der Waals surface area contributed by atoms with Crippen LogP contribution in [0.3, 0.4) is 0 Å². The van der Waals surface area contributed by atoms with E-state index in [2.05, 4.69) is 5.32 Å². The Morgan fingerprint density at radius 3 is 1.83 bits per heavy atom. The first kappa shape index (κ1) is 22.3. The maximum atomic E-state index is 11.4. The van der Waals surface area contributed by atoms with Crippen molar-refractivity contribution in [3.8, 4) is 0 Å². The lowest BCUT2D eigenvalue weighted by atomic mass is 10.0. The van der Waals surface area contributed by atoms with Crippen LogP contribution in [0.15, 0.2) is 0 Å². The molecule has 0 aromatic carbocycles. The number of esters is 2. The topological polar surface area (TPSA) is 109 Å². The molecule has 0 aromatic rings. The lowest BCUT2D eigenvalue weighted by Crippen LogP contribution is -2.56. The van der Waals surface area contributed by atoms with E-state index < -0.39 is 36.3 Å². The first-order valence-corrected chi connectivity index (χ1v) is 7.38. The summed E-state index contributed by atoms with van der Waals surface area (Å²) in [5, 5.41) is 2.65. The average Bonchev–Trinajstić information content (AvgIpc) is 2.47. The number of hydrogen-bond donors (Lipinski definition) is 1. The van der Waals surface area contributed by atoms with Crippen molar-refractivity contribution >= 4 is 17.8 Å². The normalized spacial score (nSPS) is 15.8. The number of rotatable bonds is 11. The molecule has 0 spiro atoms. The van der Waals surface area contributed by atoms with Gasteiger partial charge in [-0.05, 0) is 0 Å². The van der Waals surface area contributed by atoms with Crippen molar-refractivity contribution in [2.45, 2.75) is 45.1 Å². The molecule has 0 aliphatic heterocycles. The molecule has 0 heterocycles. The summed E-state index contributed by atoms with van der Waals surface area (Å²) < 4.78 is 26.1. The van der Waals surface area contributed by atoms with Gasteiger partial charge in [0.1, 0.15) is 18.8 Å². The zero-order valence-electron chi connectivity index (χ0n) is 15.0. The van der Waals surface area contributed by atoms with Crippen LogP contribution >= 0.6 is 0 Å². The molecular weight excluding hydrogens is 322 g/mol. The van der Waals surface area contributed by atoms with Gasteiger partial charge in [-0.1, -0.05) is 0 Å². The molecule has 1 amide bonds. The molecule has 0 fully saturated rings. The Bertz CT molecular complexity index is 414. The Morgan fingerprint density at radius 2 is 1.46 bits per heavy atom. The van der Waals surface area contributed by atoms with E-state index in [1.165, 1.54) is 42.1 Å².